The van der Waals surface area contributed by atoms with Crippen molar-refractivity contribution in [2.45, 2.75) is 19.4 Å². The molecular weight excluding hydrogens is 316 g/mol. The molecule has 0 aliphatic rings. The van der Waals surface area contributed by atoms with Crippen LogP contribution in [0.5, 0.6) is 0 Å². The van der Waals surface area contributed by atoms with E-state index in [9.17, 15) is 4.21 Å². The highest BCUT2D eigenvalue weighted by atomic mass is 79.9. The minimum atomic E-state index is -0.756. The highest BCUT2D eigenvalue weighted by Crippen LogP contribution is 2.17. The molecule has 2 rings (SSSR count). The van der Waals surface area contributed by atoms with Crippen LogP contribution in [0, 0.1) is 0 Å². The number of nitrogens with zero attached hydrogens (tertiary/aromatic N) is 3. The van der Waals surface area contributed by atoms with Gasteiger partial charge in [-0.05, 0) is 41.4 Å². The molecule has 0 aliphatic heterocycles. The lowest BCUT2D eigenvalue weighted by Gasteiger charge is -2.10. The molecule has 18 heavy (non-hydrogen) atoms. The van der Waals surface area contributed by atoms with Gasteiger partial charge in [0, 0.05) is 35.0 Å². The first kappa shape index (κ1) is 13.5. The second kappa shape index (κ2) is 5.79. The second-order valence-electron chi connectivity index (χ2n) is 4.17. The van der Waals surface area contributed by atoms with Gasteiger partial charge in [0.25, 0.3) is 0 Å². The van der Waals surface area contributed by atoms with E-state index in [0.717, 1.165) is 16.5 Å². The first-order valence-electron chi connectivity index (χ1n) is 5.63. The van der Waals surface area contributed by atoms with Gasteiger partial charge >= 0.3 is 0 Å². The molecule has 2 aromatic heterocycles. The predicted molar refractivity (Wildman–Crippen MR) is 77.3 cm³/mol. The van der Waals surface area contributed by atoms with Crippen LogP contribution in [0.25, 0.3) is 5.65 Å². The van der Waals surface area contributed by atoms with Crippen molar-refractivity contribution in [3.05, 3.63) is 22.8 Å². The van der Waals surface area contributed by atoms with E-state index in [4.69, 9.17) is 0 Å². The van der Waals surface area contributed by atoms with Crippen LogP contribution in [0.4, 0.5) is 5.95 Å². The summed E-state index contributed by atoms with van der Waals surface area (Å²) in [7, 11) is -0.756. The minimum Gasteiger partial charge on any atom is -0.350 e. The SMILES string of the molecule is CC(CCS(C)=O)Nc1nc2c(Br)cccn2n1. The Morgan fingerprint density at radius 1 is 1.61 bits per heavy atom. The van der Waals surface area contributed by atoms with Crippen LogP contribution in [0.15, 0.2) is 22.8 Å². The van der Waals surface area contributed by atoms with Crippen molar-refractivity contribution in [1.82, 2.24) is 14.6 Å². The van der Waals surface area contributed by atoms with Crippen LogP contribution in [0.3, 0.4) is 0 Å². The topological polar surface area (TPSA) is 59.3 Å². The Kier molecular flexibility index (Phi) is 4.34. The Balaban J connectivity index is 2.08. The van der Waals surface area contributed by atoms with Crippen molar-refractivity contribution < 1.29 is 4.21 Å². The quantitative estimate of drug-likeness (QED) is 0.911. The number of fused-ring (bicyclic) bond motifs is 1. The number of hydrogen-bond acceptors (Lipinski definition) is 4. The van der Waals surface area contributed by atoms with E-state index in [0.29, 0.717) is 11.7 Å². The molecule has 0 fully saturated rings. The summed E-state index contributed by atoms with van der Waals surface area (Å²) in [5, 5.41) is 7.54. The van der Waals surface area contributed by atoms with Crippen molar-refractivity contribution in [3.8, 4) is 0 Å². The van der Waals surface area contributed by atoms with Crippen LogP contribution in [-0.2, 0) is 10.8 Å². The van der Waals surface area contributed by atoms with Gasteiger partial charge in [0.1, 0.15) is 0 Å². The number of anilines is 1. The zero-order chi connectivity index (χ0) is 13.1. The van der Waals surface area contributed by atoms with Crippen molar-refractivity contribution in [2.24, 2.45) is 0 Å². The minimum absolute atomic E-state index is 0.199. The maximum atomic E-state index is 11.0. The number of rotatable bonds is 5. The molecular formula is C11H15BrN4OS. The molecule has 2 aromatic rings. The average molecular weight is 331 g/mol. The fourth-order valence-electron chi connectivity index (χ4n) is 1.57. The third kappa shape index (κ3) is 3.29. The second-order valence-corrected chi connectivity index (χ2v) is 6.58. The Morgan fingerprint density at radius 3 is 3.06 bits per heavy atom. The Morgan fingerprint density at radius 2 is 2.39 bits per heavy atom. The molecule has 0 aromatic carbocycles. The molecule has 0 saturated heterocycles. The van der Waals surface area contributed by atoms with E-state index in [1.165, 1.54) is 0 Å². The van der Waals surface area contributed by atoms with Gasteiger partial charge in [-0.15, -0.1) is 5.10 Å². The highest BCUT2D eigenvalue weighted by molar-refractivity contribution is 9.10. The van der Waals surface area contributed by atoms with E-state index >= 15 is 0 Å². The lowest BCUT2D eigenvalue weighted by molar-refractivity contribution is 0.677. The van der Waals surface area contributed by atoms with Crippen LogP contribution in [0.1, 0.15) is 13.3 Å². The summed E-state index contributed by atoms with van der Waals surface area (Å²) in [6.07, 6.45) is 4.40. The molecule has 7 heteroatoms. The Bertz CT molecular complexity index is 571. The largest absolute Gasteiger partial charge is 0.350 e. The molecule has 5 nitrogen and oxygen atoms in total. The Labute approximate surface area is 117 Å². The summed E-state index contributed by atoms with van der Waals surface area (Å²) in [6, 6.07) is 4.03. The van der Waals surface area contributed by atoms with Gasteiger partial charge in [0.2, 0.25) is 5.95 Å². The molecule has 2 unspecified atom stereocenters. The number of aromatic nitrogens is 3. The average Bonchev–Trinajstić information content (AvgIpc) is 2.70. The first-order valence-corrected chi connectivity index (χ1v) is 8.15. The highest BCUT2D eigenvalue weighted by Gasteiger charge is 2.09. The van der Waals surface area contributed by atoms with Crippen molar-refractivity contribution in [1.29, 1.82) is 0 Å². The van der Waals surface area contributed by atoms with Gasteiger partial charge in [-0.25, -0.2) is 4.52 Å². The van der Waals surface area contributed by atoms with Gasteiger partial charge in [-0.2, -0.15) is 4.98 Å². The molecule has 2 heterocycles. The van der Waals surface area contributed by atoms with Crippen LogP contribution >= 0.6 is 15.9 Å². The Hall–Kier alpha value is -0.950. The summed E-state index contributed by atoms with van der Waals surface area (Å²) in [6.45, 7) is 2.04. The zero-order valence-corrected chi connectivity index (χ0v) is 12.7. The summed E-state index contributed by atoms with van der Waals surface area (Å²) < 4.78 is 13.7. The predicted octanol–water partition coefficient (Wildman–Crippen LogP) is 2.06. The van der Waals surface area contributed by atoms with E-state index in [1.807, 2.05) is 25.3 Å². The lowest BCUT2D eigenvalue weighted by atomic mass is 10.3. The van der Waals surface area contributed by atoms with Crippen molar-refractivity contribution in [3.63, 3.8) is 0 Å². The third-order valence-electron chi connectivity index (χ3n) is 2.53. The number of pyridine rings is 1. The molecule has 2 atom stereocenters. The monoisotopic (exact) mass is 330 g/mol. The molecule has 0 saturated carbocycles. The summed E-state index contributed by atoms with van der Waals surface area (Å²) in [4.78, 5) is 4.40. The van der Waals surface area contributed by atoms with Crippen molar-refractivity contribution in [2.75, 3.05) is 17.3 Å². The molecule has 0 aliphatic carbocycles. The number of nitrogens with one attached hydrogen (secondary N) is 1. The van der Waals surface area contributed by atoms with E-state index < -0.39 is 10.8 Å². The van der Waals surface area contributed by atoms with Gasteiger partial charge in [-0.3, -0.25) is 4.21 Å². The normalized spacial score (nSPS) is 14.6. The fourth-order valence-corrected chi connectivity index (χ4v) is 2.68. The van der Waals surface area contributed by atoms with Crippen LogP contribution in [0.2, 0.25) is 0 Å². The molecule has 0 radical (unpaired) electrons. The van der Waals surface area contributed by atoms with Gasteiger partial charge < -0.3 is 5.32 Å². The number of halogens is 1. The summed E-state index contributed by atoms with van der Waals surface area (Å²) in [5.74, 6) is 1.28. The number of hydrogen-bond donors (Lipinski definition) is 1. The smallest absolute Gasteiger partial charge is 0.243 e. The lowest BCUT2D eigenvalue weighted by Crippen LogP contribution is -2.18. The van der Waals surface area contributed by atoms with Gasteiger partial charge in [0.05, 0.1) is 4.47 Å². The summed E-state index contributed by atoms with van der Waals surface area (Å²) in [5.41, 5.74) is 0.784. The van der Waals surface area contributed by atoms with Gasteiger partial charge in [-0.1, -0.05) is 0 Å². The molecule has 0 bridgehead atoms. The zero-order valence-electron chi connectivity index (χ0n) is 10.3. The maximum Gasteiger partial charge on any atom is 0.243 e. The van der Waals surface area contributed by atoms with E-state index in [1.54, 1.807) is 10.8 Å². The first-order chi connectivity index (χ1) is 8.56. The van der Waals surface area contributed by atoms with Crippen molar-refractivity contribution >= 4 is 38.3 Å². The van der Waals surface area contributed by atoms with Crippen LogP contribution < -0.4 is 5.32 Å². The summed E-state index contributed by atoms with van der Waals surface area (Å²) >= 11 is 3.43. The van der Waals surface area contributed by atoms with Crippen LogP contribution in [-0.4, -0.2) is 36.9 Å². The molecule has 0 amide bonds. The molecule has 0 spiro atoms. The fraction of sp³-hybridized carbons (Fsp3) is 0.455. The maximum absolute atomic E-state index is 11.0. The van der Waals surface area contributed by atoms with E-state index in [2.05, 4.69) is 31.3 Å². The standard InChI is InChI=1S/C11H15BrN4OS/c1-8(5-7-18(2)17)13-11-14-10-9(12)4-3-6-16(10)15-11/h3-4,6,8H,5,7H2,1-2H3,(H,13,15). The third-order valence-corrected chi connectivity index (χ3v) is 3.96. The molecule has 98 valence electrons. The van der Waals surface area contributed by atoms with Gasteiger partial charge in [0.15, 0.2) is 5.65 Å². The van der Waals surface area contributed by atoms with E-state index in [-0.39, 0.29) is 6.04 Å². The molecule has 1 N–H and O–H groups in total.